The van der Waals surface area contributed by atoms with Gasteiger partial charge >= 0.3 is 6.03 Å². The Balaban J connectivity index is 1.39. The number of thiophene rings is 1. The van der Waals surface area contributed by atoms with Crippen molar-refractivity contribution in [2.75, 3.05) is 39.4 Å². The van der Waals surface area contributed by atoms with Crippen molar-refractivity contribution in [2.45, 2.75) is 31.8 Å². The fraction of sp³-hybridized carbons (Fsp3) is 0.706. The molecule has 1 spiro atoms. The lowest BCUT2D eigenvalue weighted by molar-refractivity contribution is 0.0715. The van der Waals surface area contributed by atoms with Gasteiger partial charge in [-0.25, -0.2) is 4.79 Å². The first-order valence-corrected chi connectivity index (χ1v) is 9.48. The topological polar surface area (TPSA) is 44.8 Å². The second kappa shape index (κ2) is 6.42. The Morgan fingerprint density at radius 2 is 2.30 bits per heavy atom. The first kappa shape index (κ1) is 15.4. The van der Waals surface area contributed by atoms with Crippen molar-refractivity contribution < 1.29 is 9.53 Å². The number of urea groups is 1. The Morgan fingerprint density at radius 1 is 1.39 bits per heavy atom. The molecular formula is C17H25N3O2S. The van der Waals surface area contributed by atoms with E-state index in [1.165, 1.54) is 4.88 Å². The van der Waals surface area contributed by atoms with Gasteiger partial charge in [-0.15, -0.1) is 11.3 Å². The summed E-state index contributed by atoms with van der Waals surface area (Å²) in [7, 11) is 0. The number of hydrogen-bond donors (Lipinski definition) is 1. The molecule has 3 aliphatic rings. The van der Waals surface area contributed by atoms with Gasteiger partial charge in [-0.1, -0.05) is 6.07 Å². The van der Waals surface area contributed by atoms with Gasteiger partial charge in [0, 0.05) is 42.5 Å². The van der Waals surface area contributed by atoms with Gasteiger partial charge in [-0.3, -0.25) is 4.90 Å². The fourth-order valence-corrected chi connectivity index (χ4v) is 4.44. The summed E-state index contributed by atoms with van der Waals surface area (Å²) in [5.41, 5.74) is 0.106. The molecule has 5 nitrogen and oxygen atoms in total. The lowest BCUT2D eigenvalue weighted by atomic mass is 9.87. The number of nitrogens with zero attached hydrogens (tertiary/aromatic N) is 2. The smallest absolute Gasteiger partial charge is 0.317 e. The van der Waals surface area contributed by atoms with Gasteiger partial charge in [-0.2, -0.15) is 0 Å². The number of ether oxygens (including phenoxy) is 1. The summed E-state index contributed by atoms with van der Waals surface area (Å²) < 4.78 is 5.87. The molecule has 23 heavy (non-hydrogen) atoms. The number of nitrogens with one attached hydrogen (secondary N) is 1. The normalized spacial score (nSPS) is 29.0. The van der Waals surface area contributed by atoms with Gasteiger partial charge in [0.25, 0.3) is 0 Å². The zero-order valence-corrected chi connectivity index (χ0v) is 14.3. The first-order chi connectivity index (χ1) is 11.2. The molecule has 2 saturated heterocycles. The minimum absolute atomic E-state index is 0.106. The average Bonchev–Trinajstić information content (AvgIpc) is 3.11. The molecule has 2 aliphatic heterocycles. The van der Waals surface area contributed by atoms with Gasteiger partial charge in [0.2, 0.25) is 0 Å². The molecule has 1 saturated carbocycles. The third-order valence-corrected chi connectivity index (χ3v) is 5.97. The van der Waals surface area contributed by atoms with Crippen LogP contribution in [0.2, 0.25) is 0 Å². The van der Waals surface area contributed by atoms with E-state index < -0.39 is 0 Å². The zero-order valence-electron chi connectivity index (χ0n) is 13.5. The first-order valence-electron chi connectivity index (χ1n) is 8.60. The number of likely N-dealkylation sites (tertiary alicyclic amines) is 1. The van der Waals surface area contributed by atoms with Crippen LogP contribution < -0.4 is 5.32 Å². The molecule has 0 radical (unpaired) electrons. The monoisotopic (exact) mass is 335 g/mol. The SMILES string of the molecule is O=C(NC1CC1)N1CCOCC2(CCN(Cc3cccs3)C2)C1. The van der Waals surface area contributed by atoms with E-state index >= 15 is 0 Å². The van der Waals surface area contributed by atoms with Crippen molar-refractivity contribution >= 4 is 17.4 Å². The van der Waals surface area contributed by atoms with Gasteiger partial charge in [0.1, 0.15) is 0 Å². The molecule has 6 heteroatoms. The highest BCUT2D eigenvalue weighted by molar-refractivity contribution is 7.09. The van der Waals surface area contributed by atoms with Crippen LogP contribution in [0, 0.1) is 5.41 Å². The largest absolute Gasteiger partial charge is 0.379 e. The predicted molar refractivity (Wildman–Crippen MR) is 90.6 cm³/mol. The molecule has 1 aromatic rings. The van der Waals surface area contributed by atoms with Crippen molar-refractivity contribution in [3.63, 3.8) is 0 Å². The quantitative estimate of drug-likeness (QED) is 0.920. The highest BCUT2D eigenvalue weighted by Gasteiger charge is 2.42. The Bertz CT molecular complexity index is 546. The minimum atomic E-state index is 0.106. The summed E-state index contributed by atoms with van der Waals surface area (Å²) in [5, 5.41) is 5.26. The van der Waals surface area contributed by atoms with E-state index in [4.69, 9.17) is 4.74 Å². The summed E-state index contributed by atoms with van der Waals surface area (Å²) in [6.45, 7) is 6.12. The van der Waals surface area contributed by atoms with Crippen LogP contribution in [-0.4, -0.2) is 61.3 Å². The van der Waals surface area contributed by atoms with Crippen LogP contribution in [0.3, 0.4) is 0 Å². The summed E-state index contributed by atoms with van der Waals surface area (Å²) >= 11 is 1.82. The Labute approximate surface area is 141 Å². The maximum absolute atomic E-state index is 12.4. The Kier molecular flexibility index (Phi) is 4.30. The molecular weight excluding hydrogens is 310 g/mol. The molecule has 1 unspecified atom stereocenters. The van der Waals surface area contributed by atoms with E-state index in [1.807, 2.05) is 16.2 Å². The zero-order chi connectivity index (χ0) is 15.7. The number of hydrogen-bond acceptors (Lipinski definition) is 4. The molecule has 2 amide bonds. The molecule has 3 heterocycles. The minimum Gasteiger partial charge on any atom is -0.379 e. The average molecular weight is 335 g/mol. The lowest BCUT2D eigenvalue weighted by Crippen LogP contribution is -2.47. The molecule has 0 aromatic carbocycles. The molecule has 1 aromatic heterocycles. The van der Waals surface area contributed by atoms with Crippen LogP contribution >= 0.6 is 11.3 Å². The van der Waals surface area contributed by atoms with E-state index in [9.17, 15) is 4.79 Å². The molecule has 3 fully saturated rings. The number of amides is 2. The Morgan fingerprint density at radius 3 is 3.09 bits per heavy atom. The summed E-state index contributed by atoms with van der Waals surface area (Å²) in [4.78, 5) is 18.3. The lowest BCUT2D eigenvalue weighted by Gasteiger charge is -2.32. The maximum Gasteiger partial charge on any atom is 0.317 e. The standard InChI is InChI=1S/C17H25N3O2S/c21-16(18-14-3-4-14)20-7-8-22-13-17(12-20)5-6-19(11-17)10-15-2-1-9-23-15/h1-2,9,14H,3-8,10-13H2,(H,18,21). The van der Waals surface area contributed by atoms with E-state index in [0.717, 1.165) is 52.0 Å². The second-order valence-corrected chi connectivity index (χ2v) is 8.27. The molecule has 126 valence electrons. The van der Waals surface area contributed by atoms with Crippen molar-refractivity contribution in [3.8, 4) is 0 Å². The molecule has 1 atom stereocenters. The molecule has 1 N–H and O–H groups in total. The van der Waals surface area contributed by atoms with Crippen molar-refractivity contribution in [3.05, 3.63) is 22.4 Å². The van der Waals surface area contributed by atoms with Crippen LogP contribution in [0.25, 0.3) is 0 Å². The van der Waals surface area contributed by atoms with Gasteiger partial charge < -0.3 is 15.0 Å². The van der Waals surface area contributed by atoms with E-state index in [1.54, 1.807) is 0 Å². The third kappa shape index (κ3) is 3.70. The van der Waals surface area contributed by atoms with E-state index in [0.29, 0.717) is 19.2 Å². The highest BCUT2D eigenvalue weighted by atomic mass is 32.1. The molecule has 0 bridgehead atoms. The Hall–Kier alpha value is -1.11. The third-order valence-electron chi connectivity index (χ3n) is 5.11. The van der Waals surface area contributed by atoms with Crippen LogP contribution in [0.1, 0.15) is 24.1 Å². The van der Waals surface area contributed by atoms with Gasteiger partial charge in [-0.05, 0) is 37.3 Å². The number of carbonyl (C=O) groups is 1. The number of carbonyl (C=O) groups excluding carboxylic acids is 1. The number of rotatable bonds is 3. The van der Waals surface area contributed by atoms with Crippen LogP contribution in [0.15, 0.2) is 17.5 Å². The van der Waals surface area contributed by atoms with E-state index in [2.05, 4.69) is 27.7 Å². The van der Waals surface area contributed by atoms with Crippen molar-refractivity contribution in [1.29, 1.82) is 0 Å². The van der Waals surface area contributed by atoms with Crippen molar-refractivity contribution in [2.24, 2.45) is 5.41 Å². The fourth-order valence-electron chi connectivity index (χ4n) is 3.69. The predicted octanol–water partition coefficient (Wildman–Crippen LogP) is 2.14. The molecule has 1 aliphatic carbocycles. The van der Waals surface area contributed by atoms with E-state index in [-0.39, 0.29) is 11.4 Å². The highest BCUT2D eigenvalue weighted by Crippen LogP contribution is 2.34. The second-order valence-electron chi connectivity index (χ2n) is 7.24. The summed E-state index contributed by atoms with van der Waals surface area (Å²) in [5.74, 6) is 0. The van der Waals surface area contributed by atoms with Gasteiger partial charge in [0.05, 0.1) is 13.2 Å². The molecule has 4 rings (SSSR count). The summed E-state index contributed by atoms with van der Waals surface area (Å²) in [6.07, 6.45) is 3.39. The van der Waals surface area contributed by atoms with Crippen LogP contribution in [0.5, 0.6) is 0 Å². The van der Waals surface area contributed by atoms with Gasteiger partial charge in [0.15, 0.2) is 0 Å². The van der Waals surface area contributed by atoms with Crippen LogP contribution in [0.4, 0.5) is 4.79 Å². The maximum atomic E-state index is 12.4. The summed E-state index contributed by atoms with van der Waals surface area (Å²) in [6, 6.07) is 4.84. The van der Waals surface area contributed by atoms with Crippen LogP contribution in [-0.2, 0) is 11.3 Å². The van der Waals surface area contributed by atoms with Crippen molar-refractivity contribution in [1.82, 2.24) is 15.1 Å².